The van der Waals surface area contributed by atoms with E-state index in [0.717, 1.165) is 18.8 Å². The van der Waals surface area contributed by atoms with Crippen LogP contribution in [0, 0.1) is 5.41 Å². The molecule has 0 saturated heterocycles. The van der Waals surface area contributed by atoms with Crippen LogP contribution < -0.4 is 10.6 Å². The van der Waals surface area contributed by atoms with Gasteiger partial charge in [-0.05, 0) is 30.7 Å². The second kappa shape index (κ2) is 6.44. The first-order chi connectivity index (χ1) is 9.61. The molecule has 4 heteroatoms. The molecule has 2 aromatic rings. The van der Waals surface area contributed by atoms with E-state index in [9.17, 15) is 0 Å². The molecular weight excluding hydrogens is 270 g/mol. The number of benzene rings is 2. The third kappa shape index (κ3) is 3.31. The Bertz CT molecular complexity index is 596. The molecule has 2 rings (SSSR count). The fourth-order valence-corrected chi connectivity index (χ4v) is 2.40. The van der Waals surface area contributed by atoms with E-state index in [1.165, 1.54) is 5.56 Å². The van der Waals surface area contributed by atoms with Gasteiger partial charge in [0.1, 0.15) is 5.84 Å². The summed E-state index contributed by atoms with van der Waals surface area (Å²) in [5, 5.41) is 8.06. The fraction of sp³-hybridized carbons (Fsp3) is 0.188. The lowest BCUT2D eigenvalue weighted by molar-refractivity contribution is 0.832. The third-order valence-corrected chi connectivity index (χ3v) is 3.50. The van der Waals surface area contributed by atoms with Crippen LogP contribution in [0.25, 0.3) is 0 Å². The van der Waals surface area contributed by atoms with Gasteiger partial charge in [0.05, 0.1) is 10.7 Å². The molecule has 0 saturated carbocycles. The molecule has 0 aromatic heterocycles. The fourth-order valence-electron chi connectivity index (χ4n) is 2.10. The Morgan fingerprint density at radius 3 is 2.45 bits per heavy atom. The number of halogens is 1. The molecule has 0 fully saturated rings. The van der Waals surface area contributed by atoms with Crippen LogP contribution in [-0.2, 0) is 6.54 Å². The maximum absolute atomic E-state index is 7.44. The molecule has 2 aromatic carbocycles. The SMILES string of the molecule is CCN(Cc1ccccc1)c1ccc(C(=N)N)cc1Cl. The van der Waals surface area contributed by atoms with E-state index in [4.69, 9.17) is 22.7 Å². The number of nitrogens with two attached hydrogens (primary N) is 1. The van der Waals surface area contributed by atoms with Gasteiger partial charge in [-0.2, -0.15) is 0 Å². The molecule has 3 nitrogen and oxygen atoms in total. The summed E-state index contributed by atoms with van der Waals surface area (Å²) in [4.78, 5) is 2.20. The van der Waals surface area contributed by atoms with E-state index in [-0.39, 0.29) is 5.84 Å². The molecule has 0 aliphatic rings. The average molecular weight is 288 g/mol. The van der Waals surface area contributed by atoms with Crippen LogP contribution in [0.1, 0.15) is 18.1 Å². The van der Waals surface area contributed by atoms with Gasteiger partial charge in [-0.25, -0.2) is 0 Å². The zero-order chi connectivity index (χ0) is 14.5. The number of nitrogens with zero attached hydrogens (tertiary/aromatic N) is 1. The van der Waals surface area contributed by atoms with Crippen molar-refractivity contribution in [2.24, 2.45) is 5.73 Å². The smallest absolute Gasteiger partial charge is 0.122 e. The van der Waals surface area contributed by atoms with Crippen molar-refractivity contribution in [3.8, 4) is 0 Å². The van der Waals surface area contributed by atoms with Crippen LogP contribution in [0.3, 0.4) is 0 Å². The second-order valence-electron chi connectivity index (χ2n) is 4.58. The summed E-state index contributed by atoms with van der Waals surface area (Å²) in [5.41, 5.74) is 8.32. The topological polar surface area (TPSA) is 53.1 Å². The van der Waals surface area contributed by atoms with E-state index in [1.807, 2.05) is 30.3 Å². The van der Waals surface area contributed by atoms with Gasteiger partial charge in [0.15, 0.2) is 0 Å². The molecule has 0 heterocycles. The van der Waals surface area contributed by atoms with Gasteiger partial charge in [-0.3, -0.25) is 5.41 Å². The lowest BCUT2D eigenvalue weighted by Crippen LogP contribution is -2.22. The van der Waals surface area contributed by atoms with Crippen molar-refractivity contribution >= 4 is 23.1 Å². The summed E-state index contributed by atoms with van der Waals surface area (Å²) in [6.45, 7) is 3.75. The Kier molecular flexibility index (Phi) is 4.64. The molecule has 0 radical (unpaired) electrons. The number of nitrogens with one attached hydrogen (secondary N) is 1. The predicted molar refractivity (Wildman–Crippen MR) is 85.6 cm³/mol. The highest BCUT2D eigenvalue weighted by atomic mass is 35.5. The minimum atomic E-state index is 0.0320. The van der Waals surface area contributed by atoms with Crippen molar-refractivity contribution in [1.82, 2.24) is 0 Å². The Labute approximate surface area is 124 Å². The monoisotopic (exact) mass is 287 g/mol. The summed E-state index contributed by atoms with van der Waals surface area (Å²) in [6.07, 6.45) is 0. The van der Waals surface area contributed by atoms with Crippen LogP contribution >= 0.6 is 11.6 Å². The number of nitrogen functional groups attached to an aromatic ring is 1. The molecule has 104 valence electrons. The summed E-state index contributed by atoms with van der Waals surface area (Å²) in [5.74, 6) is 0.0320. The van der Waals surface area contributed by atoms with Gasteiger partial charge < -0.3 is 10.6 Å². The van der Waals surface area contributed by atoms with Crippen molar-refractivity contribution in [3.63, 3.8) is 0 Å². The van der Waals surface area contributed by atoms with Gasteiger partial charge in [0, 0.05) is 18.7 Å². The number of hydrogen-bond donors (Lipinski definition) is 2. The number of amidine groups is 1. The van der Waals surface area contributed by atoms with Gasteiger partial charge >= 0.3 is 0 Å². The zero-order valence-electron chi connectivity index (χ0n) is 11.4. The first-order valence-corrected chi connectivity index (χ1v) is 6.92. The maximum Gasteiger partial charge on any atom is 0.122 e. The lowest BCUT2D eigenvalue weighted by atomic mass is 10.1. The average Bonchev–Trinajstić information content (AvgIpc) is 2.46. The quantitative estimate of drug-likeness (QED) is 0.651. The Morgan fingerprint density at radius 2 is 1.90 bits per heavy atom. The highest BCUT2D eigenvalue weighted by Gasteiger charge is 2.10. The van der Waals surface area contributed by atoms with Crippen LogP contribution in [0.4, 0.5) is 5.69 Å². The molecule has 0 spiro atoms. The van der Waals surface area contributed by atoms with Crippen LogP contribution in [-0.4, -0.2) is 12.4 Å². The standard InChI is InChI=1S/C16H18ClN3/c1-2-20(11-12-6-4-3-5-7-12)15-9-8-13(16(18)19)10-14(15)17/h3-10H,2,11H2,1H3,(H3,18,19). The lowest BCUT2D eigenvalue weighted by Gasteiger charge is -2.24. The minimum Gasteiger partial charge on any atom is -0.384 e. The Morgan fingerprint density at radius 1 is 1.20 bits per heavy atom. The summed E-state index contributed by atoms with van der Waals surface area (Å²) in [7, 11) is 0. The molecule has 0 amide bonds. The van der Waals surface area contributed by atoms with Crippen molar-refractivity contribution < 1.29 is 0 Å². The predicted octanol–water partition coefficient (Wildman–Crippen LogP) is 3.65. The second-order valence-corrected chi connectivity index (χ2v) is 4.99. The highest BCUT2D eigenvalue weighted by molar-refractivity contribution is 6.33. The van der Waals surface area contributed by atoms with E-state index >= 15 is 0 Å². The normalized spacial score (nSPS) is 10.3. The third-order valence-electron chi connectivity index (χ3n) is 3.20. The number of anilines is 1. The molecule has 0 aliphatic carbocycles. The van der Waals surface area contributed by atoms with Crippen molar-refractivity contribution in [1.29, 1.82) is 5.41 Å². The molecular formula is C16H18ClN3. The zero-order valence-corrected chi connectivity index (χ0v) is 12.2. The molecule has 0 unspecified atom stereocenters. The molecule has 0 atom stereocenters. The maximum atomic E-state index is 7.44. The molecule has 0 aliphatic heterocycles. The van der Waals surface area contributed by atoms with Crippen molar-refractivity contribution in [2.75, 3.05) is 11.4 Å². The summed E-state index contributed by atoms with van der Waals surface area (Å²) < 4.78 is 0. The van der Waals surface area contributed by atoms with E-state index < -0.39 is 0 Å². The summed E-state index contributed by atoms with van der Waals surface area (Å²) >= 11 is 6.32. The Balaban J connectivity index is 2.26. The molecule has 0 bridgehead atoms. The number of rotatable bonds is 5. The van der Waals surface area contributed by atoms with Gasteiger partial charge in [0.25, 0.3) is 0 Å². The Hall–Kier alpha value is -2.00. The first-order valence-electron chi connectivity index (χ1n) is 6.54. The van der Waals surface area contributed by atoms with Crippen molar-refractivity contribution in [2.45, 2.75) is 13.5 Å². The van der Waals surface area contributed by atoms with Crippen LogP contribution in [0.5, 0.6) is 0 Å². The van der Waals surface area contributed by atoms with E-state index in [2.05, 4.69) is 24.0 Å². The first kappa shape index (κ1) is 14.4. The van der Waals surface area contributed by atoms with Crippen LogP contribution in [0.2, 0.25) is 5.02 Å². The van der Waals surface area contributed by atoms with Gasteiger partial charge in [-0.15, -0.1) is 0 Å². The van der Waals surface area contributed by atoms with Gasteiger partial charge in [-0.1, -0.05) is 41.9 Å². The van der Waals surface area contributed by atoms with Gasteiger partial charge in [0.2, 0.25) is 0 Å². The van der Waals surface area contributed by atoms with Crippen LogP contribution in [0.15, 0.2) is 48.5 Å². The molecule has 3 N–H and O–H groups in total. The van der Waals surface area contributed by atoms with E-state index in [1.54, 1.807) is 6.07 Å². The summed E-state index contributed by atoms with van der Waals surface area (Å²) in [6, 6.07) is 15.8. The number of hydrogen-bond acceptors (Lipinski definition) is 2. The largest absolute Gasteiger partial charge is 0.384 e. The molecule has 20 heavy (non-hydrogen) atoms. The van der Waals surface area contributed by atoms with Crippen molar-refractivity contribution in [3.05, 3.63) is 64.7 Å². The van der Waals surface area contributed by atoms with E-state index in [0.29, 0.717) is 10.6 Å². The minimum absolute atomic E-state index is 0.0320. The highest BCUT2D eigenvalue weighted by Crippen LogP contribution is 2.28.